The molecule has 4 nitrogen and oxygen atoms in total. The van der Waals surface area contributed by atoms with Crippen molar-refractivity contribution in [1.82, 2.24) is 20.1 Å². The molecule has 108 valence electrons. The van der Waals surface area contributed by atoms with Crippen LogP contribution in [0.15, 0.2) is 12.4 Å². The molecule has 0 spiro atoms. The number of aryl methyl sites for hydroxylation is 2. The molecule has 1 atom stereocenters. The van der Waals surface area contributed by atoms with Crippen molar-refractivity contribution in [2.75, 3.05) is 7.05 Å². The highest BCUT2D eigenvalue weighted by Crippen LogP contribution is 2.32. The molecule has 0 aromatic carbocycles. The van der Waals surface area contributed by atoms with Gasteiger partial charge in [-0.05, 0) is 46.6 Å². The first-order valence-corrected chi connectivity index (χ1v) is 8.20. The number of hydrogen-bond donors (Lipinski definition) is 1. The van der Waals surface area contributed by atoms with Gasteiger partial charge in [-0.1, -0.05) is 0 Å². The highest BCUT2D eigenvalue weighted by molar-refractivity contribution is 7.11. The molecule has 2 aromatic heterocycles. The lowest BCUT2D eigenvalue weighted by Crippen LogP contribution is -2.17. The molecule has 0 amide bonds. The summed E-state index contributed by atoms with van der Waals surface area (Å²) < 4.78 is 2.01. The second kappa shape index (κ2) is 5.66. The fourth-order valence-electron chi connectivity index (χ4n) is 2.71. The van der Waals surface area contributed by atoms with Crippen LogP contribution in [0.2, 0.25) is 0 Å². The van der Waals surface area contributed by atoms with Gasteiger partial charge in [0.25, 0.3) is 0 Å². The second-order valence-corrected chi connectivity index (χ2v) is 6.81. The van der Waals surface area contributed by atoms with Gasteiger partial charge in [0.15, 0.2) is 0 Å². The minimum Gasteiger partial charge on any atom is -0.307 e. The summed E-state index contributed by atoms with van der Waals surface area (Å²) in [4.78, 5) is 6.36. The third kappa shape index (κ3) is 2.52. The molecule has 0 bridgehead atoms. The number of thiazole rings is 1. The van der Waals surface area contributed by atoms with Gasteiger partial charge in [0, 0.05) is 22.7 Å². The van der Waals surface area contributed by atoms with Gasteiger partial charge in [0.05, 0.1) is 17.9 Å². The van der Waals surface area contributed by atoms with Crippen LogP contribution in [0.1, 0.15) is 59.9 Å². The molecule has 20 heavy (non-hydrogen) atoms. The summed E-state index contributed by atoms with van der Waals surface area (Å²) in [6.07, 6.45) is 9.03. The fraction of sp³-hybridized carbons (Fsp3) is 0.600. The van der Waals surface area contributed by atoms with Gasteiger partial charge in [-0.3, -0.25) is 4.68 Å². The lowest BCUT2D eigenvalue weighted by atomic mass is 10.0. The van der Waals surface area contributed by atoms with Crippen molar-refractivity contribution in [3.8, 4) is 0 Å². The number of hydrogen-bond acceptors (Lipinski definition) is 4. The third-order valence-corrected chi connectivity index (χ3v) is 5.10. The van der Waals surface area contributed by atoms with Gasteiger partial charge in [-0.15, -0.1) is 11.3 Å². The standard InChI is InChI=1S/C15H22N4S/c1-10(2)19-9-11(8-17-19)14(16-3)15-18-12-6-4-5-7-13(12)20-15/h8-10,14,16H,4-7H2,1-3H3. The molecule has 0 saturated carbocycles. The van der Waals surface area contributed by atoms with Gasteiger partial charge in [-0.2, -0.15) is 5.10 Å². The first kappa shape index (κ1) is 13.8. The van der Waals surface area contributed by atoms with Crippen molar-refractivity contribution in [3.63, 3.8) is 0 Å². The topological polar surface area (TPSA) is 42.7 Å². The average Bonchev–Trinajstić information content (AvgIpc) is 3.06. The Balaban J connectivity index is 1.90. The summed E-state index contributed by atoms with van der Waals surface area (Å²) in [5.74, 6) is 0. The van der Waals surface area contributed by atoms with Crippen LogP contribution in [0.25, 0.3) is 0 Å². The Bertz CT molecular complexity index is 561. The normalized spacial score (nSPS) is 16.4. The van der Waals surface area contributed by atoms with Crippen LogP contribution in [-0.2, 0) is 12.8 Å². The van der Waals surface area contributed by atoms with Crippen LogP contribution < -0.4 is 5.32 Å². The maximum atomic E-state index is 4.87. The molecule has 1 aliphatic carbocycles. The minimum atomic E-state index is 0.165. The highest BCUT2D eigenvalue weighted by Gasteiger charge is 2.22. The SMILES string of the molecule is CNC(c1cnn(C(C)C)c1)c1nc2c(s1)CCCC2. The molecule has 0 aliphatic heterocycles. The van der Waals surface area contributed by atoms with E-state index in [1.165, 1.54) is 40.4 Å². The lowest BCUT2D eigenvalue weighted by Gasteiger charge is -2.11. The quantitative estimate of drug-likeness (QED) is 0.941. The van der Waals surface area contributed by atoms with Gasteiger partial charge in [0.1, 0.15) is 5.01 Å². The Labute approximate surface area is 124 Å². The monoisotopic (exact) mass is 290 g/mol. The molecule has 2 aromatic rings. The molecule has 0 fully saturated rings. The van der Waals surface area contributed by atoms with E-state index in [1.54, 1.807) is 0 Å². The highest BCUT2D eigenvalue weighted by atomic mass is 32.1. The zero-order valence-electron chi connectivity index (χ0n) is 12.4. The molecule has 1 unspecified atom stereocenters. The Kier molecular flexibility index (Phi) is 3.89. The number of aromatic nitrogens is 3. The van der Waals surface area contributed by atoms with Crippen molar-refractivity contribution < 1.29 is 0 Å². The van der Waals surface area contributed by atoms with E-state index in [1.807, 2.05) is 29.3 Å². The van der Waals surface area contributed by atoms with E-state index in [9.17, 15) is 0 Å². The first-order valence-electron chi connectivity index (χ1n) is 7.39. The molecule has 0 saturated heterocycles. The Hall–Kier alpha value is -1.20. The van der Waals surface area contributed by atoms with Crippen molar-refractivity contribution >= 4 is 11.3 Å². The van der Waals surface area contributed by atoms with E-state index < -0.39 is 0 Å². The molecular weight excluding hydrogens is 268 g/mol. The van der Waals surface area contributed by atoms with E-state index >= 15 is 0 Å². The minimum absolute atomic E-state index is 0.165. The van der Waals surface area contributed by atoms with Crippen LogP contribution in [0, 0.1) is 0 Å². The van der Waals surface area contributed by atoms with Crippen LogP contribution in [0.5, 0.6) is 0 Å². The Morgan fingerprint density at radius 3 is 2.75 bits per heavy atom. The van der Waals surface area contributed by atoms with E-state index in [-0.39, 0.29) is 6.04 Å². The maximum absolute atomic E-state index is 4.87. The zero-order valence-corrected chi connectivity index (χ0v) is 13.2. The number of rotatable bonds is 4. The first-order chi connectivity index (χ1) is 9.69. The van der Waals surface area contributed by atoms with Crippen molar-refractivity contribution in [2.24, 2.45) is 0 Å². The summed E-state index contributed by atoms with van der Waals surface area (Å²) in [5, 5.41) is 9.02. The van der Waals surface area contributed by atoms with Crippen LogP contribution in [0.4, 0.5) is 0 Å². The van der Waals surface area contributed by atoms with Gasteiger partial charge < -0.3 is 5.32 Å². The van der Waals surface area contributed by atoms with Crippen molar-refractivity contribution in [3.05, 3.63) is 33.5 Å². The number of nitrogens with one attached hydrogen (secondary N) is 1. The van der Waals surface area contributed by atoms with Crippen LogP contribution >= 0.6 is 11.3 Å². The van der Waals surface area contributed by atoms with Gasteiger partial charge >= 0.3 is 0 Å². The Morgan fingerprint density at radius 1 is 1.30 bits per heavy atom. The maximum Gasteiger partial charge on any atom is 0.115 e. The summed E-state index contributed by atoms with van der Waals surface area (Å²) in [6, 6.07) is 0.559. The summed E-state index contributed by atoms with van der Waals surface area (Å²) in [5.41, 5.74) is 2.53. The third-order valence-electron chi connectivity index (χ3n) is 3.88. The predicted octanol–water partition coefficient (Wildman–Crippen LogP) is 3.11. The molecule has 3 rings (SSSR count). The molecule has 2 heterocycles. The summed E-state index contributed by atoms with van der Waals surface area (Å²) in [7, 11) is 2.00. The van der Waals surface area contributed by atoms with Crippen LogP contribution in [-0.4, -0.2) is 21.8 Å². The lowest BCUT2D eigenvalue weighted by molar-refractivity contribution is 0.531. The molecule has 0 radical (unpaired) electrons. The van der Waals surface area contributed by atoms with E-state index in [4.69, 9.17) is 4.98 Å². The summed E-state index contributed by atoms with van der Waals surface area (Å²) >= 11 is 1.87. The molecule has 1 N–H and O–H groups in total. The van der Waals surface area contributed by atoms with E-state index in [0.29, 0.717) is 6.04 Å². The van der Waals surface area contributed by atoms with E-state index in [0.717, 1.165) is 6.42 Å². The van der Waals surface area contributed by atoms with Crippen molar-refractivity contribution in [2.45, 2.75) is 51.6 Å². The molecular formula is C15H22N4S. The number of nitrogens with zero attached hydrogens (tertiary/aromatic N) is 3. The zero-order chi connectivity index (χ0) is 14.1. The van der Waals surface area contributed by atoms with E-state index in [2.05, 4.69) is 30.5 Å². The molecule has 1 aliphatic rings. The predicted molar refractivity (Wildman–Crippen MR) is 82.3 cm³/mol. The second-order valence-electron chi connectivity index (χ2n) is 5.70. The van der Waals surface area contributed by atoms with Gasteiger partial charge in [0.2, 0.25) is 0 Å². The van der Waals surface area contributed by atoms with Crippen molar-refractivity contribution in [1.29, 1.82) is 0 Å². The number of fused-ring (bicyclic) bond motifs is 1. The smallest absolute Gasteiger partial charge is 0.115 e. The summed E-state index contributed by atoms with van der Waals surface area (Å²) in [6.45, 7) is 4.29. The van der Waals surface area contributed by atoms with Gasteiger partial charge in [-0.25, -0.2) is 4.98 Å². The Morgan fingerprint density at radius 2 is 2.10 bits per heavy atom. The van der Waals surface area contributed by atoms with Crippen LogP contribution in [0.3, 0.4) is 0 Å². The fourth-order valence-corrected chi connectivity index (χ4v) is 4.00. The average molecular weight is 290 g/mol. The largest absolute Gasteiger partial charge is 0.307 e. The molecule has 5 heteroatoms.